The van der Waals surface area contributed by atoms with Gasteiger partial charge in [0.1, 0.15) is 5.65 Å². The van der Waals surface area contributed by atoms with E-state index in [0.29, 0.717) is 5.92 Å². The SMILES string of the molecule is Cc1ccc(C)c(NC(=O)N2CC3CCN(Cc4c(-c5ccc(Cl)cc5)nc5ccccn45)CC2C3)c1. The number of carbonyl (C=O) groups excluding carboxylic acids is 1. The summed E-state index contributed by atoms with van der Waals surface area (Å²) in [5.74, 6) is 0.539. The Morgan fingerprint density at radius 1 is 1.08 bits per heavy atom. The number of nitrogens with zero attached hydrogens (tertiary/aromatic N) is 4. The lowest BCUT2D eigenvalue weighted by atomic mass is 10.0. The Kier molecular flexibility index (Phi) is 6.39. The van der Waals surface area contributed by atoms with Gasteiger partial charge in [-0.1, -0.05) is 41.9 Å². The van der Waals surface area contributed by atoms with Gasteiger partial charge in [-0.25, -0.2) is 9.78 Å². The molecule has 37 heavy (non-hydrogen) atoms. The van der Waals surface area contributed by atoms with E-state index < -0.39 is 0 Å². The van der Waals surface area contributed by atoms with Crippen LogP contribution >= 0.6 is 11.6 Å². The van der Waals surface area contributed by atoms with E-state index in [1.54, 1.807) is 0 Å². The largest absolute Gasteiger partial charge is 0.322 e. The minimum atomic E-state index is 0.0136. The molecule has 1 N–H and O–H groups in total. The predicted octanol–water partition coefficient (Wildman–Crippen LogP) is 6.40. The van der Waals surface area contributed by atoms with E-state index in [1.807, 2.05) is 49.4 Å². The Morgan fingerprint density at radius 2 is 1.92 bits per heavy atom. The first-order valence-electron chi connectivity index (χ1n) is 13.0. The molecule has 0 saturated carbocycles. The summed E-state index contributed by atoms with van der Waals surface area (Å²) >= 11 is 6.16. The number of likely N-dealkylation sites (tertiary alicyclic amines) is 2. The van der Waals surface area contributed by atoms with E-state index in [4.69, 9.17) is 16.6 Å². The van der Waals surface area contributed by atoms with Gasteiger partial charge in [-0.05, 0) is 80.6 Å². The summed E-state index contributed by atoms with van der Waals surface area (Å²) in [5.41, 5.74) is 7.29. The first-order valence-corrected chi connectivity index (χ1v) is 13.4. The fourth-order valence-electron chi connectivity index (χ4n) is 5.85. The van der Waals surface area contributed by atoms with E-state index in [2.05, 4.69) is 50.8 Å². The number of pyridine rings is 1. The number of hydrogen-bond acceptors (Lipinski definition) is 3. The molecule has 4 aromatic rings. The second-order valence-corrected chi connectivity index (χ2v) is 11.0. The van der Waals surface area contributed by atoms with E-state index in [0.717, 1.165) is 77.8 Å². The number of halogens is 1. The number of carbonyl (C=O) groups is 1. The van der Waals surface area contributed by atoms with Gasteiger partial charge >= 0.3 is 6.03 Å². The zero-order chi connectivity index (χ0) is 25.5. The van der Waals surface area contributed by atoms with Gasteiger partial charge in [0.05, 0.1) is 11.4 Å². The Morgan fingerprint density at radius 3 is 2.76 bits per heavy atom. The lowest BCUT2D eigenvalue weighted by Gasteiger charge is -2.32. The van der Waals surface area contributed by atoms with Crippen LogP contribution < -0.4 is 5.32 Å². The van der Waals surface area contributed by atoms with Crippen molar-refractivity contribution in [2.24, 2.45) is 5.92 Å². The maximum absolute atomic E-state index is 13.4. The molecule has 7 heteroatoms. The summed E-state index contributed by atoms with van der Waals surface area (Å²) in [7, 11) is 0. The van der Waals surface area contributed by atoms with Crippen molar-refractivity contribution in [2.75, 3.05) is 25.0 Å². The third kappa shape index (κ3) is 4.83. The molecule has 2 amide bonds. The van der Waals surface area contributed by atoms with Crippen molar-refractivity contribution in [1.82, 2.24) is 19.2 Å². The van der Waals surface area contributed by atoms with Gasteiger partial charge < -0.3 is 14.6 Å². The van der Waals surface area contributed by atoms with E-state index in [1.165, 1.54) is 5.69 Å². The zero-order valence-electron chi connectivity index (χ0n) is 21.3. The summed E-state index contributed by atoms with van der Waals surface area (Å²) < 4.78 is 2.19. The molecule has 0 spiro atoms. The lowest BCUT2D eigenvalue weighted by Crippen LogP contribution is -2.46. The van der Waals surface area contributed by atoms with Crippen molar-refractivity contribution >= 4 is 29.0 Å². The zero-order valence-corrected chi connectivity index (χ0v) is 22.1. The summed E-state index contributed by atoms with van der Waals surface area (Å²) in [4.78, 5) is 22.9. The number of urea groups is 1. The number of nitrogens with one attached hydrogen (secondary N) is 1. The topological polar surface area (TPSA) is 52.9 Å². The Balaban J connectivity index is 1.24. The number of anilines is 1. The van der Waals surface area contributed by atoms with Crippen LogP contribution in [-0.4, -0.2) is 50.9 Å². The van der Waals surface area contributed by atoms with Gasteiger partial charge in [0.25, 0.3) is 0 Å². The van der Waals surface area contributed by atoms with Gasteiger partial charge in [-0.2, -0.15) is 0 Å². The van der Waals surface area contributed by atoms with Crippen molar-refractivity contribution in [2.45, 2.75) is 39.3 Å². The highest BCUT2D eigenvalue weighted by Gasteiger charge is 2.39. The van der Waals surface area contributed by atoms with Crippen molar-refractivity contribution in [3.8, 4) is 11.3 Å². The lowest BCUT2D eigenvalue weighted by molar-refractivity contribution is 0.163. The van der Waals surface area contributed by atoms with E-state index in [9.17, 15) is 4.79 Å². The van der Waals surface area contributed by atoms with Crippen molar-refractivity contribution < 1.29 is 4.79 Å². The van der Waals surface area contributed by atoms with Crippen LogP contribution in [0.3, 0.4) is 0 Å². The molecule has 0 aliphatic carbocycles. The fourth-order valence-corrected chi connectivity index (χ4v) is 5.97. The molecule has 0 radical (unpaired) electrons. The number of hydrogen-bond donors (Lipinski definition) is 1. The van der Waals surface area contributed by atoms with Crippen LogP contribution in [0.25, 0.3) is 16.9 Å². The Hall–Kier alpha value is -3.35. The normalized spacial score (nSPS) is 19.8. The number of aromatic nitrogens is 2. The summed E-state index contributed by atoms with van der Waals surface area (Å²) in [5, 5.41) is 3.91. The second-order valence-electron chi connectivity index (χ2n) is 10.5. The number of imidazole rings is 1. The van der Waals surface area contributed by atoms with Crippen molar-refractivity contribution in [1.29, 1.82) is 0 Å². The van der Waals surface area contributed by atoms with Crippen LogP contribution in [-0.2, 0) is 6.54 Å². The molecular formula is C30H32ClN5O. The van der Waals surface area contributed by atoms with Crippen LogP contribution in [0.2, 0.25) is 5.02 Å². The third-order valence-electron chi connectivity index (χ3n) is 7.84. The van der Waals surface area contributed by atoms with Gasteiger partial charge in [0, 0.05) is 48.1 Å². The molecule has 2 aromatic carbocycles. The molecule has 2 fully saturated rings. The molecule has 2 aromatic heterocycles. The van der Waals surface area contributed by atoms with E-state index >= 15 is 0 Å². The summed E-state index contributed by atoms with van der Waals surface area (Å²) in [6.07, 6.45) is 4.25. The first kappa shape index (κ1) is 24.0. The molecule has 190 valence electrons. The first-order chi connectivity index (χ1) is 17.9. The monoisotopic (exact) mass is 513 g/mol. The highest BCUT2D eigenvalue weighted by atomic mass is 35.5. The highest BCUT2D eigenvalue weighted by molar-refractivity contribution is 6.30. The number of benzene rings is 2. The average molecular weight is 514 g/mol. The fraction of sp³-hybridized carbons (Fsp3) is 0.333. The van der Waals surface area contributed by atoms with Crippen molar-refractivity contribution in [3.05, 3.63) is 88.7 Å². The molecule has 2 aliphatic heterocycles. The third-order valence-corrected chi connectivity index (χ3v) is 8.09. The predicted molar refractivity (Wildman–Crippen MR) is 149 cm³/mol. The standard InChI is InChI=1S/C30H32ClN5O/c1-20-6-7-21(2)26(15-20)32-30(37)36-17-22-12-14-34(18-25(36)16-22)19-27-29(23-8-10-24(31)11-9-23)33-28-5-3-4-13-35(27)28/h3-11,13,15,22,25H,12,14,16-19H2,1-2H3,(H,32,37). The number of rotatable bonds is 4. The number of aryl methyl sites for hydroxylation is 2. The summed E-state index contributed by atoms with van der Waals surface area (Å²) in [6, 6.07) is 20.4. The molecule has 6 rings (SSSR count). The average Bonchev–Trinajstić information content (AvgIpc) is 3.39. The molecule has 2 saturated heterocycles. The highest BCUT2D eigenvalue weighted by Crippen LogP contribution is 2.33. The molecule has 2 unspecified atom stereocenters. The van der Waals surface area contributed by atoms with Gasteiger partial charge in [0.15, 0.2) is 0 Å². The molecule has 6 nitrogen and oxygen atoms in total. The molecule has 2 atom stereocenters. The number of amides is 2. The molecule has 4 heterocycles. The number of fused-ring (bicyclic) bond motifs is 3. The Labute approximate surface area is 222 Å². The van der Waals surface area contributed by atoms with Crippen molar-refractivity contribution in [3.63, 3.8) is 0 Å². The second kappa shape index (κ2) is 9.84. The summed E-state index contributed by atoms with van der Waals surface area (Å²) in [6.45, 7) is 7.58. The smallest absolute Gasteiger partial charge is 0.320 e. The van der Waals surface area contributed by atoms with Crippen LogP contribution in [0, 0.1) is 19.8 Å². The van der Waals surface area contributed by atoms with Gasteiger partial charge in [-0.3, -0.25) is 4.90 Å². The van der Waals surface area contributed by atoms with E-state index in [-0.39, 0.29) is 12.1 Å². The van der Waals surface area contributed by atoms with Crippen LogP contribution in [0.4, 0.5) is 10.5 Å². The van der Waals surface area contributed by atoms with Crippen LogP contribution in [0.15, 0.2) is 66.9 Å². The molecule has 2 aliphatic rings. The van der Waals surface area contributed by atoms with Gasteiger partial charge in [0.2, 0.25) is 0 Å². The maximum Gasteiger partial charge on any atom is 0.322 e. The Bertz CT molecular complexity index is 1450. The quantitative estimate of drug-likeness (QED) is 0.343. The minimum Gasteiger partial charge on any atom is -0.320 e. The molecule has 2 bridgehead atoms. The van der Waals surface area contributed by atoms with Crippen LogP contribution in [0.5, 0.6) is 0 Å². The van der Waals surface area contributed by atoms with Crippen LogP contribution in [0.1, 0.15) is 29.7 Å². The molecular weight excluding hydrogens is 482 g/mol. The maximum atomic E-state index is 13.4. The van der Waals surface area contributed by atoms with Gasteiger partial charge in [-0.15, -0.1) is 0 Å². The minimum absolute atomic E-state index is 0.0136.